The molecule has 19 heteroatoms. The number of nitrogens with one attached hydrogen (secondary N) is 2. The minimum atomic E-state index is -5.12. The zero-order chi connectivity index (χ0) is 38.9. The van der Waals surface area contributed by atoms with E-state index >= 15 is 0 Å². The average Bonchev–Trinajstić information content (AvgIpc) is 3.56. The lowest BCUT2D eigenvalue weighted by Crippen LogP contribution is -2.46. The van der Waals surface area contributed by atoms with Crippen LogP contribution in [0.4, 0.5) is 55.9 Å². The molecule has 1 saturated heterocycles. The third-order valence-electron chi connectivity index (χ3n) is 8.82. The van der Waals surface area contributed by atoms with E-state index in [-0.39, 0.29) is 60.7 Å². The van der Waals surface area contributed by atoms with E-state index in [1.807, 2.05) is 0 Å². The quantitative estimate of drug-likeness (QED) is 0.167. The third kappa shape index (κ3) is 9.05. The molecular weight excluding hydrogens is 729 g/mol. The molecule has 288 valence electrons. The fourth-order valence-electron chi connectivity index (χ4n) is 6.32. The molecule has 0 saturated carbocycles. The van der Waals surface area contributed by atoms with Crippen LogP contribution in [0, 0.1) is 0 Å². The number of carbonyl (C=O) groups excluding carboxylic acids is 2. The minimum absolute atomic E-state index is 0.00502. The number of benzene rings is 2. The van der Waals surface area contributed by atoms with Gasteiger partial charge in [0.2, 0.25) is 5.95 Å². The number of carbonyl (C=O) groups is 2. The van der Waals surface area contributed by atoms with Gasteiger partial charge in [0.15, 0.2) is 5.75 Å². The molecule has 5 rings (SSSR count). The topological polar surface area (TPSA) is 115 Å². The van der Waals surface area contributed by atoms with Crippen molar-refractivity contribution in [3.8, 4) is 5.75 Å². The summed E-state index contributed by atoms with van der Waals surface area (Å²) < 4.78 is 140. The van der Waals surface area contributed by atoms with Gasteiger partial charge in [-0.1, -0.05) is 6.92 Å². The fourth-order valence-corrected chi connectivity index (χ4v) is 6.32. The number of nitrogens with zero attached hydrogens (tertiary/aromatic N) is 3. The van der Waals surface area contributed by atoms with Crippen molar-refractivity contribution in [2.75, 3.05) is 30.5 Å². The smallest absolute Gasteiger partial charge is 0.416 e. The molecule has 10 nitrogen and oxygen atoms in total. The number of fused-ring (bicyclic) bond motifs is 1. The van der Waals surface area contributed by atoms with Gasteiger partial charge >= 0.3 is 30.6 Å². The van der Waals surface area contributed by atoms with Crippen LogP contribution in [0.25, 0.3) is 0 Å². The highest BCUT2D eigenvalue weighted by Crippen LogP contribution is 2.43. The SMILES string of the molecule is CCOC(=O)N1c2ccc(C(F)(F)F)cc2[C@@H](Nc2ncc(O[C@@H]3CN[C@H](C(=O)OC)C3)c(Cc3cc(C(F)(F)F)cc(C(F)(F)F)c3)n2)C[C@H]1CC. The predicted octanol–water partition coefficient (Wildman–Crippen LogP) is 7.70. The zero-order valence-corrected chi connectivity index (χ0v) is 28.4. The van der Waals surface area contributed by atoms with Gasteiger partial charge in [-0.2, -0.15) is 39.5 Å². The summed E-state index contributed by atoms with van der Waals surface area (Å²) in [6, 6.07) is 1.66. The van der Waals surface area contributed by atoms with Crippen LogP contribution < -0.4 is 20.3 Å². The van der Waals surface area contributed by atoms with Crippen LogP contribution in [-0.4, -0.2) is 60.5 Å². The van der Waals surface area contributed by atoms with Crippen molar-refractivity contribution < 1.29 is 63.3 Å². The van der Waals surface area contributed by atoms with Crippen LogP contribution >= 0.6 is 0 Å². The lowest BCUT2D eigenvalue weighted by atomic mass is 9.89. The molecule has 2 aromatic carbocycles. The molecule has 2 N–H and O–H groups in total. The first-order chi connectivity index (χ1) is 24.8. The summed E-state index contributed by atoms with van der Waals surface area (Å²) in [5, 5.41) is 5.86. The maximum absolute atomic E-state index is 13.9. The van der Waals surface area contributed by atoms with E-state index < -0.39 is 83.5 Å². The highest BCUT2D eigenvalue weighted by Gasteiger charge is 2.40. The Morgan fingerprint density at radius 1 is 0.925 bits per heavy atom. The lowest BCUT2D eigenvalue weighted by molar-refractivity contribution is -0.144. The number of alkyl halides is 9. The van der Waals surface area contributed by atoms with Gasteiger partial charge in [0.25, 0.3) is 0 Å². The Labute approximate surface area is 297 Å². The maximum atomic E-state index is 13.9. The molecule has 53 heavy (non-hydrogen) atoms. The number of rotatable bonds is 9. The number of ether oxygens (including phenoxy) is 3. The van der Waals surface area contributed by atoms with Gasteiger partial charge in [-0.3, -0.25) is 9.69 Å². The molecule has 4 atom stereocenters. The Kier molecular flexibility index (Phi) is 11.4. The van der Waals surface area contributed by atoms with Crippen LogP contribution in [0.3, 0.4) is 0 Å². The first-order valence-corrected chi connectivity index (χ1v) is 16.4. The van der Waals surface area contributed by atoms with E-state index in [2.05, 4.69) is 20.6 Å². The molecule has 3 aromatic rings. The summed E-state index contributed by atoms with van der Waals surface area (Å²) >= 11 is 0. The normalized spacial score (nSPS) is 20.5. The van der Waals surface area contributed by atoms with Crippen LogP contribution in [-0.2, 0) is 39.2 Å². The summed E-state index contributed by atoms with van der Waals surface area (Å²) in [7, 11) is 1.19. The standard InChI is InChI=1S/C34H34F9N5O5/c1-4-21-13-24(23-12-18(32(35,36)37)6-7-27(23)48(21)31(50)52-5-2)46-30-45-16-28(53-22-14-26(44-15-22)29(49)51-3)25(47-30)10-17-8-19(33(38,39)40)11-20(9-17)34(41,42)43/h6-9,11-12,16,21-22,24,26,44H,4-5,10,13-15H2,1-3H3,(H,45,46,47)/t21-,22+,24+,26+/m1/s1. The maximum Gasteiger partial charge on any atom is 0.416 e. The van der Waals surface area contributed by atoms with Gasteiger partial charge in [-0.15, -0.1) is 0 Å². The predicted molar refractivity (Wildman–Crippen MR) is 170 cm³/mol. The largest absolute Gasteiger partial charge is 0.485 e. The number of hydrogen-bond donors (Lipinski definition) is 2. The first kappa shape index (κ1) is 39.4. The molecule has 0 radical (unpaired) electrons. The molecule has 1 fully saturated rings. The van der Waals surface area contributed by atoms with Gasteiger partial charge in [-0.05, 0) is 67.3 Å². The molecule has 0 aliphatic carbocycles. The highest BCUT2D eigenvalue weighted by molar-refractivity contribution is 5.90. The molecule has 0 spiro atoms. The van der Waals surface area contributed by atoms with Crippen molar-refractivity contribution in [1.29, 1.82) is 0 Å². The number of anilines is 2. The Balaban J connectivity index is 1.56. The van der Waals surface area contributed by atoms with Gasteiger partial charge < -0.3 is 24.8 Å². The molecule has 1 amide bonds. The summed E-state index contributed by atoms with van der Waals surface area (Å²) in [4.78, 5) is 34.9. The highest BCUT2D eigenvalue weighted by atomic mass is 19.4. The summed E-state index contributed by atoms with van der Waals surface area (Å²) in [6.45, 7) is 3.46. The van der Waals surface area contributed by atoms with E-state index in [0.29, 0.717) is 18.6 Å². The monoisotopic (exact) mass is 763 g/mol. The Morgan fingerprint density at radius 3 is 2.17 bits per heavy atom. The molecule has 0 bridgehead atoms. The van der Waals surface area contributed by atoms with E-state index in [1.54, 1.807) is 13.8 Å². The number of hydrogen-bond acceptors (Lipinski definition) is 9. The Bertz CT molecular complexity index is 1790. The zero-order valence-electron chi connectivity index (χ0n) is 28.4. The average molecular weight is 764 g/mol. The second-order valence-corrected chi connectivity index (χ2v) is 12.4. The minimum Gasteiger partial charge on any atom is -0.485 e. The van der Waals surface area contributed by atoms with Gasteiger partial charge in [0.1, 0.15) is 12.1 Å². The molecule has 2 aliphatic heterocycles. The summed E-state index contributed by atoms with van der Waals surface area (Å²) in [5.41, 5.74) is -4.51. The fraction of sp³-hybridized carbons (Fsp3) is 0.471. The van der Waals surface area contributed by atoms with Crippen LogP contribution in [0.5, 0.6) is 5.75 Å². The van der Waals surface area contributed by atoms with E-state index in [9.17, 15) is 49.1 Å². The second-order valence-electron chi connectivity index (χ2n) is 12.4. The lowest BCUT2D eigenvalue weighted by Gasteiger charge is -2.40. The number of amides is 1. The third-order valence-corrected chi connectivity index (χ3v) is 8.82. The van der Waals surface area contributed by atoms with Crippen molar-refractivity contribution in [2.24, 2.45) is 0 Å². The van der Waals surface area contributed by atoms with Crippen molar-refractivity contribution in [2.45, 2.75) is 82.3 Å². The Hall–Kier alpha value is -4.81. The van der Waals surface area contributed by atoms with Crippen molar-refractivity contribution in [3.05, 3.63) is 76.1 Å². The van der Waals surface area contributed by atoms with Crippen molar-refractivity contribution in [1.82, 2.24) is 15.3 Å². The van der Waals surface area contributed by atoms with Gasteiger partial charge in [0.05, 0.1) is 54.0 Å². The first-order valence-electron chi connectivity index (χ1n) is 16.4. The van der Waals surface area contributed by atoms with Crippen LogP contribution in [0.15, 0.2) is 42.6 Å². The van der Waals surface area contributed by atoms with E-state index in [1.165, 1.54) is 12.0 Å². The van der Waals surface area contributed by atoms with Crippen molar-refractivity contribution >= 4 is 23.7 Å². The molecular formula is C34H34F9N5O5. The van der Waals surface area contributed by atoms with Crippen LogP contribution in [0.2, 0.25) is 0 Å². The van der Waals surface area contributed by atoms with Gasteiger partial charge in [-0.25, -0.2) is 14.8 Å². The van der Waals surface area contributed by atoms with Gasteiger partial charge in [0, 0.05) is 25.4 Å². The Morgan fingerprint density at radius 2 is 1.58 bits per heavy atom. The summed E-state index contributed by atoms with van der Waals surface area (Å²) in [5.74, 6) is -0.938. The van der Waals surface area contributed by atoms with E-state index in [0.717, 1.165) is 24.4 Å². The summed E-state index contributed by atoms with van der Waals surface area (Å²) in [6.07, 6.45) is -15.5. The number of aromatic nitrogens is 2. The molecule has 1 aromatic heterocycles. The van der Waals surface area contributed by atoms with Crippen LogP contribution in [0.1, 0.15) is 72.7 Å². The van der Waals surface area contributed by atoms with E-state index in [4.69, 9.17) is 14.2 Å². The number of methoxy groups -OCH3 is 1. The number of halogens is 9. The second kappa shape index (κ2) is 15.3. The molecule has 2 aliphatic rings. The molecule has 0 unspecified atom stereocenters. The van der Waals surface area contributed by atoms with Crippen molar-refractivity contribution in [3.63, 3.8) is 0 Å². The molecule has 3 heterocycles. The number of esters is 1.